The van der Waals surface area contributed by atoms with E-state index >= 15 is 0 Å². The Bertz CT molecular complexity index is 333. The highest BCUT2D eigenvalue weighted by Crippen LogP contribution is 2.18. The quantitative estimate of drug-likeness (QED) is 0.727. The molecular weight excluding hydrogens is 248 g/mol. The zero-order chi connectivity index (χ0) is 10.9. The van der Waals surface area contributed by atoms with Crippen LogP contribution in [0.1, 0.15) is 31.3 Å². The van der Waals surface area contributed by atoms with Gasteiger partial charge in [-0.25, -0.2) is 4.79 Å². The van der Waals surface area contributed by atoms with Gasteiger partial charge in [0.15, 0.2) is 5.69 Å². The Labute approximate surface area is 91.4 Å². The normalized spacial score (nSPS) is 11.5. The minimum Gasteiger partial charge on any atom is -0.455 e. The van der Waals surface area contributed by atoms with Gasteiger partial charge in [-0.1, -0.05) is 0 Å². The summed E-state index contributed by atoms with van der Waals surface area (Å²) in [6.07, 6.45) is 1.57. The van der Waals surface area contributed by atoms with Gasteiger partial charge in [-0.3, -0.25) is 4.68 Å². The first-order chi connectivity index (χ1) is 6.31. The van der Waals surface area contributed by atoms with E-state index < -0.39 is 5.60 Å². The lowest BCUT2D eigenvalue weighted by atomic mass is 10.2. The van der Waals surface area contributed by atoms with Crippen molar-refractivity contribution >= 4 is 21.9 Å². The van der Waals surface area contributed by atoms with Crippen LogP contribution in [0, 0.1) is 0 Å². The molecule has 0 bridgehead atoms. The number of aryl methyl sites for hydroxylation is 1. The largest absolute Gasteiger partial charge is 0.455 e. The lowest BCUT2D eigenvalue weighted by molar-refractivity contribution is 0.00565. The summed E-state index contributed by atoms with van der Waals surface area (Å²) < 4.78 is 7.35. The van der Waals surface area contributed by atoms with E-state index in [9.17, 15) is 4.79 Å². The van der Waals surface area contributed by atoms with E-state index in [0.29, 0.717) is 10.2 Å². The number of nitrogens with zero attached hydrogens (tertiary/aromatic N) is 2. The number of aromatic nitrogens is 2. The zero-order valence-electron chi connectivity index (χ0n) is 8.67. The highest BCUT2D eigenvalue weighted by Gasteiger charge is 2.22. The summed E-state index contributed by atoms with van der Waals surface area (Å²) >= 11 is 3.24. The molecule has 1 aromatic heterocycles. The van der Waals surface area contributed by atoms with E-state index in [1.54, 1.807) is 13.2 Å². The molecule has 1 heterocycles. The molecule has 0 amide bonds. The van der Waals surface area contributed by atoms with Crippen LogP contribution in [0.3, 0.4) is 0 Å². The van der Waals surface area contributed by atoms with Gasteiger partial charge in [-0.2, -0.15) is 5.10 Å². The van der Waals surface area contributed by atoms with Gasteiger partial charge >= 0.3 is 5.97 Å². The van der Waals surface area contributed by atoms with Crippen molar-refractivity contribution in [3.05, 3.63) is 16.4 Å². The van der Waals surface area contributed by atoms with Crippen molar-refractivity contribution in [3.63, 3.8) is 0 Å². The van der Waals surface area contributed by atoms with Crippen molar-refractivity contribution in [2.45, 2.75) is 26.4 Å². The van der Waals surface area contributed by atoms with Gasteiger partial charge in [0, 0.05) is 7.05 Å². The molecule has 4 nitrogen and oxygen atoms in total. The number of ether oxygens (including phenoxy) is 1. The monoisotopic (exact) mass is 260 g/mol. The Kier molecular flexibility index (Phi) is 2.99. The maximum atomic E-state index is 11.7. The first kappa shape index (κ1) is 11.2. The average molecular weight is 261 g/mol. The molecule has 78 valence electrons. The van der Waals surface area contributed by atoms with Gasteiger partial charge in [0.25, 0.3) is 0 Å². The second-order valence-electron chi connectivity index (χ2n) is 3.97. The summed E-state index contributed by atoms with van der Waals surface area (Å²) in [6.45, 7) is 5.49. The SMILES string of the molecule is Cn1ncc(Br)c1C(=O)OC(C)(C)C. The predicted octanol–water partition coefficient (Wildman–Crippen LogP) is 2.14. The zero-order valence-corrected chi connectivity index (χ0v) is 10.3. The van der Waals surface area contributed by atoms with E-state index in [0.717, 1.165) is 0 Å². The molecule has 0 aliphatic rings. The van der Waals surface area contributed by atoms with Crippen LogP contribution in [-0.2, 0) is 11.8 Å². The van der Waals surface area contributed by atoms with Crippen molar-refractivity contribution in [1.29, 1.82) is 0 Å². The van der Waals surface area contributed by atoms with Crippen molar-refractivity contribution in [3.8, 4) is 0 Å². The highest BCUT2D eigenvalue weighted by molar-refractivity contribution is 9.10. The van der Waals surface area contributed by atoms with Crippen molar-refractivity contribution in [2.75, 3.05) is 0 Å². The fourth-order valence-electron chi connectivity index (χ4n) is 0.967. The Morgan fingerprint density at radius 3 is 2.50 bits per heavy atom. The number of carbonyl (C=O) groups excluding carboxylic acids is 1. The molecular formula is C9H13BrN2O2. The maximum absolute atomic E-state index is 11.7. The lowest BCUT2D eigenvalue weighted by Crippen LogP contribution is -2.25. The molecule has 1 rings (SSSR count). The number of hydrogen-bond donors (Lipinski definition) is 0. The fraction of sp³-hybridized carbons (Fsp3) is 0.556. The Balaban J connectivity index is 2.90. The molecule has 0 aromatic carbocycles. The molecule has 0 aliphatic carbocycles. The van der Waals surface area contributed by atoms with Crippen molar-refractivity contribution < 1.29 is 9.53 Å². The smallest absolute Gasteiger partial charge is 0.358 e. The van der Waals surface area contributed by atoms with E-state index in [1.807, 2.05) is 20.8 Å². The Hall–Kier alpha value is -0.840. The maximum Gasteiger partial charge on any atom is 0.358 e. The first-order valence-corrected chi connectivity index (χ1v) is 5.01. The fourth-order valence-corrected chi connectivity index (χ4v) is 1.48. The van der Waals surface area contributed by atoms with Crippen molar-refractivity contribution in [1.82, 2.24) is 9.78 Å². The summed E-state index contributed by atoms with van der Waals surface area (Å²) in [7, 11) is 1.70. The predicted molar refractivity (Wildman–Crippen MR) is 56.1 cm³/mol. The molecule has 0 saturated heterocycles. The molecule has 0 aliphatic heterocycles. The number of esters is 1. The lowest BCUT2D eigenvalue weighted by Gasteiger charge is -2.19. The summed E-state index contributed by atoms with van der Waals surface area (Å²) in [5, 5.41) is 3.94. The van der Waals surface area contributed by atoms with E-state index in [-0.39, 0.29) is 5.97 Å². The second kappa shape index (κ2) is 3.73. The van der Waals surface area contributed by atoms with Crippen LogP contribution >= 0.6 is 15.9 Å². The van der Waals surface area contributed by atoms with E-state index in [4.69, 9.17) is 4.74 Å². The van der Waals surface area contributed by atoms with Crippen LogP contribution in [0.15, 0.2) is 10.7 Å². The number of carbonyl (C=O) groups is 1. The highest BCUT2D eigenvalue weighted by atomic mass is 79.9. The van der Waals surface area contributed by atoms with Crippen LogP contribution in [-0.4, -0.2) is 21.4 Å². The van der Waals surface area contributed by atoms with Crippen LogP contribution in [0.2, 0.25) is 0 Å². The number of halogens is 1. The van der Waals surface area contributed by atoms with Gasteiger partial charge in [-0.05, 0) is 36.7 Å². The molecule has 14 heavy (non-hydrogen) atoms. The molecule has 0 fully saturated rings. The molecule has 0 unspecified atom stereocenters. The van der Waals surface area contributed by atoms with Crippen LogP contribution < -0.4 is 0 Å². The van der Waals surface area contributed by atoms with Gasteiger partial charge in [0.2, 0.25) is 0 Å². The number of hydrogen-bond acceptors (Lipinski definition) is 3. The van der Waals surface area contributed by atoms with Crippen molar-refractivity contribution in [2.24, 2.45) is 7.05 Å². The molecule has 0 N–H and O–H groups in total. The summed E-state index contributed by atoms with van der Waals surface area (Å²) in [4.78, 5) is 11.7. The molecule has 1 aromatic rings. The van der Waals surface area contributed by atoms with Gasteiger partial charge in [-0.15, -0.1) is 0 Å². The molecule has 0 saturated carbocycles. The summed E-state index contributed by atoms with van der Waals surface area (Å²) in [5.41, 5.74) is -0.0548. The summed E-state index contributed by atoms with van der Waals surface area (Å²) in [6, 6.07) is 0. The third-order valence-electron chi connectivity index (χ3n) is 1.49. The minimum absolute atomic E-state index is 0.371. The second-order valence-corrected chi connectivity index (χ2v) is 4.82. The standard InChI is InChI=1S/C9H13BrN2O2/c1-9(2,3)14-8(13)7-6(10)5-11-12(7)4/h5H,1-4H3. The summed E-state index contributed by atoms with van der Waals surface area (Å²) in [5.74, 6) is -0.371. The third kappa shape index (κ3) is 2.57. The molecule has 0 spiro atoms. The van der Waals surface area contributed by atoms with E-state index in [1.165, 1.54) is 4.68 Å². The van der Waals surface area contributed by atoms with Gasteiger partial charge in [0.1, 0.15) is 5.60 Å². The van der Waals surface area contributed by atoms with Crippen LogP contribution in [0.4, 0.5) is 0 Å². The first-order valence-electron chi connectivity index (χ1n) is 4.22. The molecule has 0 radical (unpaired) electrons. The van der Waals surface area contributed by atoms with Crippen LogP contribution in [0.25, 0.3) is 0 Å². The number of rotatable bonds is 1. The third-order valence-corrected chi connectivity index (χ3v) is 2.07. The molecule has 0 atom stereocenters. The average Bonchev–Trinajstić information content (AvgIpc) is 2.27. The van der Waals surface area contributed by atoms with E-state index in [2.05, 4.69) is 21.0 Å². The topological polar surface area (TPSA) is 44.1 Å². The minimum atomic E-state index is -0.485. The Morgan fingerprint density at radius 1 is 1.57 bits per heavy atom. The van der Waals surface area contributed by atoms with Gasteiger partial charge in [0.05, 0.1) is 10.7 Å². The van der Waals surface area contributed by atoms with Crippen LogP contribution in [0.5, 0.6) is 0 Å². The van der Waals surface area contributed by atoms with Gasteiger partial charge < -0.3 is 4.74 Å². The molecule has 5 heteroatoms. The Morgan fingerprint density at radius 2 is 2.14 bits per heavy atom.